The minimum Gasteiger partial charge on any atom is -0.496 e. The third-order valence-corrected chi connectivity index (χ3v) is 3.50. The normalized spacial score (nSPS) is 12.2. The zero-order valence-corrected chi connectivity index (χ0v) is 12.6. The van der Waals surface area contributed by atoms with Crippen LogP contribution in [0.15, 0.2) is 22.7 Å². The number of hydrogen-bond donors (Lipinski definition) is 1. The van der Waals surface area contributed by atoms with E-state index in [0.717, 1.165) is 23.3 Å². The number of nitrogens with one attached hydrogen (secondary N) is 1. The third-order valence-electron chi connectivity index (χ3n) is 2.88. The Hall–Kier alpha value is -1.05. The van der Waals surface area contributed by atoms with Gasteiger partial charge in [0.15, 0.2) is 0 Å². The summed E-state index contributed by atoms with van der Waals surface area (Å²) >= 11 is 3.46. The number of rotatable bonds is 6. The van der Waals surface area contributed by atoms with Gasteiger partial charge in [0.25, 0.3) is 0 Å². The van der Waals surface area contributed by atoms with Gasteiger partial charge < -0.3 is 10.1 Å². The predicted octanol–water partition coefficient (Wildman–Crippen LogP) is 3.34. The average molecular weight is 311 g/mol. The molecule has 1 aromatic carbocycles. The molecule has 4 heteroatoms. The summed E-state index contributed by atoms with van der Waals surface area (Å²) in [4.78, 5) is 0. The Morgan fingerprint density at radius 1 is 1.44 bits per heavy atom. The minimum absolute atomic E-state index is 0.0617. The second-order valence-electron chi connectivity index (χ2n) is 4.58. The van der Waals surface area contributed by atoms with Gasteiger partial charge in [0.2, 0.25) is 0 Å². The van der Waals surface area contributed by atoms with Crippen molar-refractivity contribution < 1.29 is 4.74 Å². The molecule has 0 saturated carbocycles. The monoisotopic (exact) mass is 310 g/mol. The SMILES string of the molecule is COc1ccc(CNCC(C#N)C(C)C)cc1Br. The Bertz CT molecular complexity index is 426. The van der Waals surface area contributed by atoms with Crippen LogP contribution in [-0.4, -0.2) is 13.7 Å². The molecule has 0 saturated heterocycles. The van der Waals surface area contributed by atoms with Crippen molar-refractivity contribution in [2.24, 2.45) is 11.8 Å². The van der Waals surface area contributed by atoms with Gasteiger partial charge in [0.05, 0.1) is 23.6 Å². The predicted molar refractivity (Wildman–Crippen MR) is 76.3 cm³/mol. The van der Waals surface area contributed by atoms with Crippen molar-refractivity contribution in [3.8, 4) is 11.8 Å². The van der Waals surface area contributed by atoms with Crippen LogP contribution in [0.3, 0.4) is 0 Å². The lowest BCUT2D eigenvalue weighted by atomic mass is 9.97. The lowest BCUT2D eigenvalue weighted by molar-refractivity contribution is 0.411. The fourth-order valence-corrected chi connectivity index (χ4v) is 2.21. The van der Waals surface area contributed by atoms with Gasteiger partial charge in [-0.05, 0) is 39.5 Å². The molecule has 1 unspecified atom stereocenters. The largest absolute Gasteiger partial charge is 0.496 e. The van der Waals surface area contributed by atoms with Gasteiger partial charge in [-0.15, -0.1) is 0 Å². The maximum Gasteiger partial charge on any atom is 0.133 e. The standard InChI is InChI=1S/C14H19BrN2O/c1-10(2)12(7-16)9-17-8-11-4-5-14(18-3)13(15)6-11/h4-6,10,12,17H,8-9H2,1-3H3. The summed E-state index contributed by atoms with van der Waals surface area (Å²) in [7, 11) is 1.65. The van der Waals surface area contributed by atoms with E-state index in [2.05, 4.69) is 41.2 Å². The molecule has 0 bridgehead atoms. The summed E-state index contributed by atoms with van der Waals surface area (Å²) in [5.41, 5.74) is 1.17. The van der Waals surface area contributed by atoms with Crippen LogP contribution < -0.4 is 10.1 Å². The average Bonchev–Trinajstić information content (AvgIpc) is 2.34. The number of nitrogens with zero attached hydrogens (tertiary/aromatic N) is 1. The van der Waals surface area contributed by atoms with Crippen molar-refractivity contribution in [3.05, 3.63) is 28.2 Å². The van der Waals surface area contributed by atoms with Gasteiger partial charge in [0.1, 0.15) is 5.75 Å². The van der Waals surface area contributed by atoms with Crippen LogP contribution in [0.25, 0.3) is 0 Å². The molecule has 0 aliphatic heterocycles. The van der Waals surface area contributed by atoms with Crippen molar-refractivity contribution in [2.75, 3.05) is 13.7 Å². The molecule has 3 nitrogen and oxygen atoms in total. The van der Waals surface area contributed by atoms with Crippen molar-refractivity contribution in [1.29, 1.82) is 5.26 Å². The summed E-state index contributed by atoms with van der Waals surface area (Å²) in [5.74, 6) is 1.27. The van der Waals surface area contributed by atoms with Crippen molar-refractivity contribution in [2.45, 2.75) is 20.4 Å². The summed E-state index contributed by atoms with van der Waals surface area (Å²) in [5, 5.41) is 12.3. The van der Waals surface area contributed by atoms with E-state index < -0.39 is 0 Å². The molecule has 0 fully saturated rings. The van der Waals surface area contributed by atoms with Gasteiger partial charge in [-0.3, -0.25) is 0 Å². The quantitative estimate of drug-likeness (QED) is 0.876. The molecule has 0 aliphatic rings. The van der Waals surface area contributed by atoms with Gasteiger partial charge >= 0.3 is 0 Å². The highest BCUT2D eigenvalue weighted by Gasteiger charge is 2.11. The Morgan fingerprint density at radius 2 is 2.17 bits per heavy atom. The van der Waals surface area contributed by atoms with E-state index in [0.29, 0.717) is 5.92 Å². The first-order valence-electron chi connectivity index (χ1n) is 6.01. The molecule has 1 atom stereocenters. The summed E-state index contributed by atoms with van der Waals surface area (Å²) < 4.78 is 6.13. The number of ether oxygens (including phenoxy) is 1. The Balaban J connectivity index is 2.49. The number of nitriles is 1. The van der Waals surface area contributed by atoms with E-state index in [1.165, 1.54) is 5.56 Å². The molecule has 1 rings (SSSR count). The molecule has 0 amide bonds. The molecule has 98 valence electrons. The Kier molecular flexibility index (Phi) is 6.17. The topological polar surface area (TPSA) is 45.0 Å². The van der Waals surface area contributed by atoms with Gasteiger partial charge in [0, 0.05) is 13.1 Å². The van der Waals surface area contributed by atoms with Crippen LogP contribution in [0.4, 0.5) is 0 Å². The highest BCUT2D eigenvalue weighted by molar-refractivity contribution is 9.10. The van der Waals surface area contributed by atoms with Crippen molar-refractivity contribution >= 4 is 15.9 Å². The van der Waals surface area contributed by atoms with Crippen LogP contribution in [-0.2, 0) is 6.54 Å². The first-order valence-corrected chi connectivity index (χ1v) is 6.80. The number of hydrogen-bond acceptors (Lipinski definition) is 3. The van der Waals surface area contributed by atoms with Crippen LogP contribution in [0.5, 0.6) is 5.75 Å². The summed E-state index contributed by atoms with van der Waals surface area (Å²) in [6.45, 7) is 5.62. The molecule has 0 heterocycles. The highest BCUT2D eigenvalue weighted by Crippen LogP contribution is 2.25. The zero-order valence-electron chi connectivity index (χ0n) is 11.0. The van der Waals surface area contributed by atoms with Crippen LogP contribution in [0, 0.1) is 23.2 Å². The third kappa shape index (κ3) is 4.32. The van der Waals surface area contributed by atoms with Crippen LogP contribution in [0.1, 0.15) is 19.4 Å². The highest BCUT2D eigenvalue weighted by atomic mass is 79.9. The Labute approximate surface area is 117 Å². The summed E-state index contributed by atoms with van der Waals surface area (Å²) in [6, 6.07) is 8.31. The first-order chi connectivity index (χ1) is 8.58. The van der Waals surface area contributed by atoms with E-state index in [1.54, 1.807) is 7.11 Å². The summed E-state index contributed by atoms with van der Waals surface area (Å²) in [6.07, 6.45) is 0. The molecule has 0 spiro atoms. The van der Waals surface area contributed by atoms with Crippen LogP contribution >= 0.6 is 15.9 Å². The van der Waals surface area contributed by atoms with Crippen molar-refractivity contribution in [3.63, 3.8) is 0 Å². The van der Waals surface area contributed by atoms with E-state index in [1.807, 2.05) is 18.2 Å². The Morgan fingerprint density at radius 3 is 2.67 bits per heavy atom. The molecule has 1 N–H and O–H groups in total. The maximum absolute atomic E-state index is 8.99. The molecular formula is C14H19BrN2O. The number of methoxy groups -OCH3 is 1. The smallest absolute Gasteiger partial charge is 0.133 e. The fourth-order valence-electron chi connectivity index (χ4n) is 1.62. The second-order valence-corrected chi connectivity index (χ2v) is 5.43. The van der Waals surface area contributed by atoms with Crippen molar-refractivity contribution in [1.82, 2.24) is 5.32 Å². The van der Waals surface area contributed by atoms with E-state index >= 15 is 0 Å². The molecule has 18 heavy (non-hydrogen) atoms. The number of benzene rings is 1. The molecule has 1 aromatic rings. The van der Waals surface area contributed by atoms with E-state index in [9.17, 15) is 0 Å². The van der Waals surface area contributed by atoms with Gasteiger partial charge in [-0.25, -0.2) is 0 Å². The fraction of sp³-hybridized carbons (Fsp3) is 0.500. The van der Waals surface area contributed by atoms with Gasteiger partial charge in [-0.2, -0.15) is 5.26 Å². The molecule has 0 aromatic heterocycles. The maximum atomic E-state index is 8.99. The molecular weight excluding hydrogens is 292 g/mol. The van der Waals surface area contributed by atoms with E-state index in [-0.39, 0.29) is 5.92 Å². The van der Waals surface area contributed by atoms with E-state index in [4.69, 9.17) is 10.00 Å². The molecule has 0 radical (unpaired) electrons. The number of halogens is 1. The lowest BCUT2D eigenvalue weighted by Crippen LogP contribution is -2.24. The lowest BCUT2D eigenvalue weighted by Gasteiger charge is -2.14. The molecule has 0 aliphatic carbocycles. The van der Waals surface area contributed by atoms with Gasteiger partial charge in [-0.1, -0.05) is 19.9 Å². The second kappa shape index (κ2) is 7.40. The zero-order chi connectivity index (χ0) is 13.5. The van der Waals surface area contributed by atoms with Crippen LogP contribution in [0.2, 0.25) is 0 Å². The minimum atomic E-state index is 0.0617. The first kappa shape index (κ1) is 15.0.